The maximum Gasteiger partial charge on any atom is 0.252 e. The fraction of sp³-hybridized carbons (Fsp3) is 0.0625. The van der Waals surface area contributed by atoms with Crippen LogP contribution in [-0.2, 0) is 6.54 Å². The molecule has 0 aliphatic heterocycles. The Labute approximate surface area is 154 Å². The third kappa shape index (κ3) is 3.45. The Morgan fingerprint density at radius 1 is 1.04 bits per heavy atom. The van der Waals surface area contributed by atoms with E-state index in [4.69, 9.17) is 11.6 Å². The fourth-order valence-corrected chi connectivity index (χ4v) is 3.13. The minimum atomic E-state index is -1.74. The van der Waals surface area contributed by atoms with E-state index in [1.165, 1.54) is 10.6 Å². The Kier molecular flexibility index (Phi) is 5.28. The molecule has 1 aromatic carbocycles. The van der Waals surface area contributed by atoms with E-state index in [2.05, 4.69) is 21.8 Å². The van der Waals surface area contributed by atoms with Crippen LogP contribution < -0.4 is 0 Å². The summed E-state index contributed by atoms with van der Waals surface area (Å²) in [6, 6.07) is 6.66. The quantitative estimate of drug-likeness (QED) is 0.347. The van der Waals surface area contributed by atoms with Gasteiger partial charge in [-0.25, -0.2) is 8.78 Å². The number of hydrogen-bond acceptors (Lipinski definition) is 4. The van der Waals surface area contributed by atoms with Gasteiger partial charge in [-0.05, 0) is 36.0 Å². The molecule has 0 bridgehead atoms. The van der Waals surface area contributed by atoms with Crippen molar-refractivity contribution in [3.05, 3.63) is 65.5 Å². The summed E-state index contributed by atoms with van der Waals surface area (Å²) in [5.74, 6) is -6.30. The Morgan fingerprint density at radius 2 is 1.65 bits per heavy atom. The summed E-state index contributed by atoms with van der Waals surface area (Å²) in [5.41, 5.74) is 0.642. The Hall–Kier alpha value is -2.39. The van der Waals surface area contributed by atoms with Gasteiger partial charge in [0, 0.05) is 17.1 Å². The molecular weight excluding hydrogens is 392 g/mol. The molecule has 0 unspecified atom stereocenters. The number of aromatic nitrogens is 4. The van der Waals surface area contributed by atoms with Crippen LogP contribution in [0.25, 0.3) is 11.4 Å². The van der Waals surface area contributed by atoms with Crippen LogP contribution in [0.3, 0.4) is 0 Å². The lowest BCUT2D eigenvalue weighted by Gasteiger charge is -2.09. The number of pyridine rings is 1. The molecule has 4 nitrogen and oxygen atoms in total. The third-order valence-electron chi connectivity index (χ3n) is 3.28. The minimum Gasteiger partial charge on any atom is -0.298 e. The van der Waals surface area contributed by atoms with Crippen LogP contribution in [0.1, 0.15) is 0 Å². The summed E-state index contributed by atoms with van der Waals surface area (Å²) in [6.45, 7) is 3.81. The highest BCUT2D eigenvalue weighted by Crippen LogP contribution is 2.34. The normalized spacial score (nSPS) is 11.0. The van der Waals surface area contributed by atoms with Gasteiger partial charge in [0.1, 0.15) is 0 Å². The predicted octanol–water partition coefficient (Wildman–Crippen LogP) is 4.89. The van der Waals surface area contributed by atoms with Gasteiger partial charge in [0.2, 0.25) is 0 Å². The second kappa shape index (κ2) is 7.46. The Morgan fingerprint density at radius 3 is 2.23 bits per heavy atom. The van der Waals surface area contributed by atoms with Crippen molar-refractivity contribution in [1.29, 1.82) is 0 Å². The monoisotopic (exact) mass is 400 g/mol. The molecule has 0 saturated heterocycles. The van der Waals surface area contributed by atoms with Crippen molar-refractivity contribution in [2.75, 3.05) is 0 Å². The zero-order valence-corrected chi connectivity index (χ0v) is 14.5. The number of benzene rings is 1. The molecule has 0 aliphatic carbocycles. The minimum absolute atomic E-state index is 0.0256. The van der Waals surface area contributed by atoms with Crippen LogP contribution >= 0.6 is 23.4 Å². The van der Waals surface area contributed by atoms with Gasteiger partial charge in [-0.15, -0.1) is 16.8 Å². The van der Waals surface area contributed by atoms with Crippen LogP contribution in [0.15, 0.2) is 47.0 Å². The highest BCUT2D eigenvalue weighted by molar-refractivity contribution is 7.99. The third-order valence-corrected chi connectivity index (χ3v) is 4.58. The Balaban J connectivity index is 2.07. The van der Waals surface area contributed by atoms with E-state index in [1.807, 2.05) is 0 Å². The molecule has 0 spiro atoms. The van der Waals surface area contributed by atoms with Gasteiger partial charge in [-0.2, -0.15) is 13.8 Å². The zero-order valence-electron chi connectivity index (χ0n) is 12.9. The largest absolute Gasteiger partial charge is 0.298 e. The second-order valence-electron chi connectivity index (χ2n) is 4.96. The van der Waals surface area contributed by atoms with Crippen molar-refractivity contribution in [3.8, 4) is 11.4 Å². The summed E-state index contributed by atoms with van der Waals surface area (Å²) < 4.78 is 55.8. The number of hydrogen-bond donors (Lipinski definition) is 0. The fourth-order valence-electron chi connectivity index (χ4n) is 2.12. The molecule has 134 valence electrons. The summed E-state index contributed by atoms with van der Waals surface area (Å²) >= 11 is 6.25. The molecule has 0 saturated carbocycles. The molecule has 26 heavy (non-hydrogen) atoms. The van der Waals surface area contributed by atoms with Gasteiger partial charge in [-0.1, -0.05) is 17.7 Å². The number of nitrogens with zero attached hydrogens (tertiary/aromatic N) is 4. The van der Waals surface area contributed by atoms with Gasteiger partial charge >= 0.3 is 0 Å². The molecule has 3 aromatic rings. The lowest BCUT2D eigenvalue weighted by atomic mass is 10.2. The zero-order chi connectivity index (χ0) is 18.8. The first-order chi connectivity index (χ1) is 12.4. The first-order valence-electron chi connectivity index (χ1n) is 7.10. The molecule has 3 rings (SSSR count). The number of rotatable bonds is 5. The second-order valence-corrected chi connectivity index (χ2v) is 6.38. The molecule has 0 amide bonds. The van der Waals surface area contributed by atoms with Crippen molar-refractivity contribution in [2.45, 2.75) is 16.6 Å². The molecule has 10 heteroatoms. The van der Waals surface area contributed by atoms with E-state index in [-0.39, 0.29) is 11.7 Å². The van der Waals surface area contributed by atoms with E-state index in [0.717, 1.165) is 0 Å². The number of halogens is 5. The predicted molar refractivity (Wildman–Crippen MR) is 88.9 cm³/mol. The molecule has 0 N–H and O–H groups in total. The van der Waals surface area contributed by atoms with Crippen molar-refractivity contribution in [1.82, 2.24) is 19.7 Å². The van der Waals surface area contributed by atoms with E-state index in [9.17, 15) is 17.6 Å². The van der Waals surface area contributed by atoms with Gasteiger partial charge in [0.05, 0.1) is 4.90 Å². The maximum absolute atomic E-state index is 13.9. The highest BCUT2D eigenvalue weighted by Gasteiger charge is 2.24. The van der Waals surface area contributed by atoms with Crippen LogP contribution in [0, 0.1) is 23.5 Å². The van der Waals surface area contributed by atoms with E-state index < -0.39 is 28.4 Å². The van der Waals surface area contributed by atoms with Crippen LogP contribution in [-0.4, -0.2) is 19.7 Å². The van der Waals surface area contributed by atoms with E-state index in [0.29, 0.717) is 28.2 Å². The molecule has 0 atom stereocenters. The van der Waals surface area contributed by atoms with Crippen molar-refractivity contribution in [3.63, 3.8) is 0 Å². The summed E-state index contributed by atoms with van der Waals surface area (Å²) in [7, 11) is 0. The lowest BCUT2D eigenvalue weighted by molar-refractivity contribution is 0.383. The summed E-state index contributed by atoms with van der Waals surface area (Å²) in [6.07, 6.45) is 1.52. The summed E-state index contributed by atoms with van der Waals surface area (Å²) in [4.78, 5) is 1.63. The average Bonchev–Trinajstić information content (AvgIpc) is 3.00. The van der Waals surface area contributed by atoms with Crippen molar-refractivity contribution >= 4 is 23.4 Å². The van der Waals surface area contributed by atoms with Crippen molar-refractivity contribution in [2.24, 2.45) is 0 Å². The number of allylic oxidation sites excluding steroid dienone is 1. The maximum atomic E-state index is 13.9. The lowest BCUT2D eigenvalue weighted by Crippen LogP contribution is -2.04. The topological polar surface area (TPSA) is 43.6 Å². The van der Waals surface area contributed by atoms with Crippen LogP contribution in [0.5, 0.6) is 0 Å². The molecule has 0 radical (unpaired) electrons. The first kappa shape index (κ1) is 18.4. The average molecular weight is 401 g/mol. The van der Waals surface area contributed by atoms with Crippen LogP contribution in [0.2, 0.25) is 5.02 Å². The SMILES string of the molecule is C=CCn1c(Sc2c(F)c(F)nc(F)c2F)nnc1-c1ccc(Cl)cc1. The smallest absolute Gasteiger partial charge is 0.252 e. The van der Waals surface area contributed by atoms with Crippen molar-refractivity contribution < 1.29 is 17.6 Å². The molecule has 0 aliphatic rings. The molecule has 2 aromatic heterocycles. The van der Waals surface area contributed by atoms with Gasteiger partial charge in [0.25, 0.3) is 11.9 Å². The van der Waals surface area contributed by atoms with Gasteiger partial charge < -0.3 is 0 Å². The molecular formula is C16H9ClF4N4S. The van der Waals surface area contributed by atoms with E-state index >= 15 is 0 Å². The van der Waals surface area contributed by atoms with E-state index in [1.54, 1.807) is 24.3 Å². The first-order valence-corrected chi connectivity index (χ1v) is 8.29. The van der Waals surface area contributed by atoms with Gasteiger partial charge in [-0.3, -0.25) is 4.57 Å². The standard InChI is InChI=1S/C16H9ClF4N4S/c1-2-7-25-15(8-3-5-9(17)6-4-8)23-24-16(25)26-12-10(18)13(20)22-14(21)11(12)19/h2-6H,1,7H2. The Bertz CT molecular complexity index is 949. The molecule has 2 heterocycles. The van der Waals surface area contributed by atoms with Crippen LogP contribution in [0.4, 0.5) is 17.6 Å². The van der Waals surface area contributed by atoms with Gasteiger partial charge in [0.15, 0.2) is 22.6 Å². The molecule has 0 fully saturated rings. The summed E-state index contributed by atoms with van der Waals surface area (Å²) in [5, 5.41) is 8.40. The highest BCUT2D eigenvalue weighted by atomic mass is 35.5.